The van der Waals surface area contributed by atoms with Gasteiger partial charge in [0.2, 0.25) is 11.6 Å². The highest BCUT2D eigenvalue weighted by molar-refractivity contribution is 6.99. The minimum absolute atomic E-state index is 0.0376. The molecule has 2 atom stereocenters. The van der Waals surface area contributed by atoms with Crippen molar-refractivity contribution >= 4 is 47.0 Å². The second-order valence-corrected chi connectivity index (χ2v) is 12.6. The average Bonchev–Trinajstić information content (AvgIpc) is 3.73. The van der Waals surface area contributed by atoms with E-state index in [1.165, 1.54) is 0 Å². The molecule has 2 aromatic heterocycles. The first-order valence-electron chi connectivity index (χ1n) is 15.3. The van der Waals surface area contributed by atoms with E-state index in [1.807, 2.05) is 32.6 Å². The van der Waals surface area contributed by atoms with Gasteiger partial charge in [0.1, 0.15) is 25.4 Å². The van der Waals surface area contributed by atoms with E-state index in [0.717, 1.165) is 35.6 Å². The maximum absolute atomic E-state index is 12.8. The zero-order valence-corrected chi connectivity index (χ0v) is 28.4. The SMILES string of the molecule is CCNC[C@@H](COc1nsnc1N1CCOCC1)OC(=O)/C=C/C(=O)O[C@@H](CNC(C)(C)C)COc1nsnc1N1CCOCC1. The van der Waals surface area contributed by atoms with Crippen LogP contribution in [0.4, 0.5) is 11.6 Å². The lowest BCUT2D eigenvalue weighted by Crippen LogP contribution is -2.44. The Labute approximate surface area is 277 Å². The quantitative estimate of drug-likeness (QED) is 0.178. The highest BCUT2D eigenvalue weighted by Crippen LogP contribution is 2.27. The van der Waals surface area contributed by atoms with Crippen molar-refractivity contribution in [2.45, 2.75) is 45.4 Å². The van der Waals surface area contributed by atoms with Gasteiger partial charge in [-0.1, -0.05) is 6.92 Å². The lowest BCUT2D eigenvalue weighted by Gasteiger charge is -2.27. The molecule has 2 aliphatic heterocycles. The van der Waals surface area contributed by atoms with Gasteiger partial charge in [0.25, 0.3) is 11.8 Å². The van der Waals surface area contributed by atoms with Crippen molar-refractivity contribution in [1.82, 2.24) is 28.1 Å². The third-order valence-corrected chi connectivity index (χ3v) is 7.73. The van der Waals surface area contributed by atoms with Gasteiger partial charge in [-0.05, 0) is 27.3 Å². The number of anilines is 2. The van der Waals surface area contributed by atoms with Gasteiger partial charge in [0, 0.05) is 57.0 Å². The number of carbonyl (C=O) groups is 2. The highest BCUT2D eigenvalue weighted by atomic mass is 32.1. The van der Waals surface area contributed by atoms with E-state index in [-0.39, 0.29) is 18.8 Å². The Hall–Kier alpha value is -3.16. The van der Waals surface area contributed by atoms with Gasteiger partial charge in [0.15, 0.2) is 0 Å². The van der Waals surface area contributed by atoms with Gasteiger partial charge in [-0.15, -0.1) is 8.75 Å². The van der Waals surface area contributed by atoms with Crippen molar-refractivity contribution in [2.75, 3.05) is 95.3 Å². The number of morpholine rings is 2. The number of likely N-dealkylation sites (N-methyl/N-ethyl adjacent to an activating group) is 1. The molecule has 0 aliphatic carbocycles. The summed E-state index contributed by atoms with van der Waals surface area (Å²) < 4.78 is 51.2. The van der Waals surface area contributed by atoms with E-state index in [9.17, 15) is 9.59 Å². The molecule has 0 unspecified atom stereocenters. The summed E-state index contributed by atoms with van der Waals surface area (Å²) in [7, 11) is 0. The molecule has 2 saturated heterocycles. The third-order valence-electron chi connectivity index (χ3n) is 6.72. The summed E-state index contributed by atoms with van der Waals surface area (Å²) in [5, 5.41) is 6.48. The van der Waals surface area contributed by atoms with Gasteiger partial charge >= 0.3 is 11.9 Å². The van der Waals surface area contributed by atoms with Crippen LogP contribution in [0.3, 0.4) is 0 Å². The smallest absolute Gasteiger partial charge is 0.331 e. The maximum atomic E-state index is 12.8. The van der Waals surface area contributed by atoms with Gasteiger partial charge < -0.3 is 48.9 Å². The fourth-order valence-electron chi connectivity index (χ4n) is 4.35. The number of aromatic nitrogens is 4. The Morgan fingerprint density at radius 2 is 1.26 bits per heavy atom. The highest BCUT2D eigenvalue weighted by Gasteiger charge is 2.24. The molecule has 0 aromatic carbocycles. The predicted molar refractivity (Wildman–Crippen MR) is 172 cm³/mol. The Morgan fingerprint density at radius 3 is 1.70 bits per heavy atom. The number of esters is 2. The molecule has 0 radical (unpaired) electrons. The van der Waals surface area contributed by atoms with E-state index in [0.29, 0.717) is 95.6 Å². The molecule has 2 N–H and O–H groups in total. The van der Waals surface area contributed by atoms with E-state index in [4.69, 9.17) is 28.4 Å². The van der Waals surface area contributed by atoms with Crippen LogP contribution >= 0.6 is 23.5 Å². The molecule has 4 heterocycles. The molecular formula is C28H44N8O8S2. The molecule has 0 bridgehead atoms. The fourth-order valence-corrected chi connectivity index (χ4v) is 5.39. The van der Waals surface area contributed by atoms with Gasteiger partial charge in [-0.3, -0.25) is 0 Å². The first-order chi connectivity index (χ1) is 22.2. The number of ether oxygens (including phenoxy) is 6. The number of nitrogens with zero attached hydrogens (tertiary/aromatic N) is 6. The van der Waals surface area contributed by atoms with Gasteiger partial charge in [0.05, 0.1) is 49.9 Å². The second-order valence-electron chi connectivity index (χ2n) is 11.5. The number of rotatable bonds is 17. The number of carbonyl (C=O) groups excluding carboxylic acids is 2. The van der Waals surface area contributed by atoms with E-state index in [1.54, 1.807) is 0 Å². The van der Waals surface area contributed by atoms with Crippen LogP contribution in [0.1, 0.15) is 27.7 Å². The number of hydrogen-bond donors (Lipinski definition) is 2. The van der Waals surface area contributed by atoms with Crippen LogP contribution < -0.4 is 29.9 Å². The topological polar surface area (TPSA) is 172 Å². The minimum atomic E-state index is -0.714. The summed E-state index contributed by atoms with van der Waals surface area (Å²) >= 11 is 2.11. The second kappa shape index (κ2) is 18.2. The van der Waals surface area contributed by atoms with Crippen molar-refractivity contribution in [3.05, 3.63) is 12.2 Å². The van der Waals surface area contributed by atoms with Crippen molar-refractivity contribution in [1.29, 1.82) is 0 Å². The summed E-state index contributed by atoms with van der Waals surface area (Å²) in [4.78, 5) is 29.6. The molecule has 18 heteroatoms. The van der Waals surface area contributed by atoms with Crippen LogP contribution in [0.2, 0.25) is 0 Å². The molecule has 2 aliphatic rings. The van der Waals surface area contributed by atoms with E-state index < -0.39 is 24.1 Å². The van der Waals surface area contributed by atoms with E-state index in [2.05, 4.69) is 33.0 Å². The molecule has 0 spiro atoms. The standard InChI is InChI=1S/C28H44N8O8S2/c1-5-29-16-20(18-41-26-24(31-45-33-26)35-8-12-39-13-9-35)43-22(37)6-7-23(38)44-21(17-30-28(2,3)4)19-42-27-25(32-46-34-27)36-10-14-40-15-11-36/h6-7,20-21,29-30H,5,8-19H2,1-4H3/b7-6+/t20-,21-/m0/s1. The van der Waals surface area contributed by atoms with Crippen LogP contribution in [-0.4, -0.2) is 133 Å². The van der Waals surface area contributed by atoms with Crippen molar-refractivity contribution < 1.29 is 38.0 Å². The van der Waals surface area contributed by atoms with Crippen LogP contribution in [0.5, 0.6) is 11.8 Å². The Kier molecular flexibility index (Phi) is 14.2. The molecule has 16 nitrogen and oxygen atoms in total. The average molecular weight is 685 g/mol. The lowest BCUT2D eigenvalue weighted by atomic mass is 10.1. The van der Waals surface area contributed by atoms with Crippen LogP contribution in [0.15, 0.2) is 12.2 Å². The van der Waals surface area contributed by atoms with Crippen molar-refractivity contribution in [2.24, 2.45) is 0 Å². The van der Waals surface area contributed by atoms with Crippen LogP contribution in [0.25, 0.3) is 0 Å². The molecule has 46 heavy (non-hydrogen) atoms. The zero-order valence-electron chi connectivity index (χ0n) is 26.8. The number of hydrogen-bond acceptors (Lipinski definition) is 18. The molecule has 4 rings (SSSR count). The molecule has 256 valence electrons. The van der Waals surface area contributed by atoms with Crippen LogP contribution in [0, 0.1) is 0 Å². The summed E-state index contributed by atoms with van der Waals surface area (Å²) in [6.07, 6.45) is 0.772. The van der Waals surface area contributed by atoms with Gasteiger partial charge in [-0.2, -0.15) is 8.75 Å². The number of nitrogens with one attached hydrogen (secondary N) is 2. The van der Waals surface area contributed by atoms with E-state index >= 15 is 0 Å². The molecule has 2 fully saturated rings. The molecule has 2 aromatic rings. The molecular weight excluding hydrogens is 640 g/mol. The third kappa shape index (κ3) is 11.9. The predicted octanol–water partition coefficient (Wildman–Crippen LogP) is 0.898. The zero-order chi connectivity index (χ0) is 32.8. The largest absolute Gasteiger partial charge is 0.470 e. The Balaban J connectivity index is 1.30. The Morgan fingerprint density at radius 1 is 0.804 bits per heavy atom. The molecule has 0 saturated carbocycles. The fraction of sp³-hybridized carbons (Fsp3) is 0.714. The maximum Gasteiger partial charge on any atom is 0.331 e. The summed E-state index contributed by atoms with van der Waals surface area (Å²) in [5.74, 6) is 0.622. The molecule has 0 amide bonds. The minimum Gasteiger partial charge on any atom is -0.470 e. The first-order valence-corrected chi connectivity index (χ1v) is 16.8. The summed E-state index contributed by atoms with van der Waals surface area (Å²) in [6.45, 7) is 14.5. The monoisotopic (exact) mass is 684 g/mol. The summed E-state index contributed by atoms with van der Waals surface area (Å²) in [6, 6.07) is 0. The lowest BCUT2D eigenvalue weighted by molar-refractivity contribution is -0.147. The first kappa shape index (κ1) is 35.7. The van der Waals surface area contributed by atoms with Crippen molar-refractivity contribution in [3.8, 4) is 11.8 Å². The van der Waals surface area contributed by atoms with Crippen molar-refractivity contribution in [3.63, 3.8) is 0 Å². The normalized spacial score (nSPS) is 17.1. The summed E-state index contributed by atoms with van der Waals surface area (Å²) in [5.41, 5.74) is -0.230. The Bertz CT molecular complexity index is 1240. The van der Waals surface area contributed by atoms with Gasteiger partial charge in [-0.25, -0.2) is 9.59 Å². The van der Waals surface area contributed by atoms with Crippen LogP contribution in [-0.2, 0) is 28.5 Å².